The van der Waals surface area contributed by atoms with Crippen LogP contribution < -0.4 is 9.84 Å². The average Bonchev–Trinajstić information content (AvgIpc) is 2.03. The Balaban J connectivity index is 3.27. The molecule has 64 valence electrons. The normalized spacial score (nSPS) is 9.50. The van der Waals surface area contributed by atoms with E-state index in [1.165, 1.54) is 19.2 Å². The van der Waals surface area contributed by atoms with Gasteiger partial charge in [-0.2, -0.15) is 0 Å². The highest BCUT2D eigenvalue weighted by atomic mass is 35.5. The van der Waals surface area contributed by atoms with Crippen molar-refractivity contribution in [3.05, 3.63) is 28.8 Å². The molecule has 0 spiro atoms. The van der Waals surface area contributed by atoms with Gasteiger partial charge in [0.05, 0.1) is 18.1 Å². The van der Waals surface area contributed by atoms with Gasteiger partial charge in [-0.05, 0) is 12.1 Å². The number of rotatable bonds is 2. The monoisotopic (exact) mass is 185 g/mol. The molecule has 0 aliphatic rings. The second-order valence-corrected chi connectivity index (χ2v) is 2.52. The molecule has 1 rings (SSSR count). The summed E-state index contributed by atoms with van der Waals surface area (Å²) < 4.78 is 4.78. The molecule has 0 saturated heterocycles. The van der Waals surface area contributed by atoms with Gasteiger partial charge < -0.3 is 14.6 Å². The number of aromatic carboxylic acids is 1. The summed E-state index contributed by atoms with van der Waals surface area (Å²) in [7, 11) is 1.35. The van der Waals surface area contributed by atoms with E-state index in [1.807, 2.05) is 0 Å². The number of ether oxygens (including phenoxy) is 1. The Kier molecular flexibility index (Phi) is 2.55. The number of carbonyl (C=O) groups excluding carboxylic acids is 1. The Morgan fingerprint density at radius 3 is 2.67 bits per heavy atom. The van der Waals surface area contributed by atoms with Crippen molar-refractivity contribution in [2.24, 2.45) is 0 Å². The molecule has 4 heteroatoms. The van der Waals surface area contributed by atoms with Crippen molar-refractivity contribution in [2.45, 2.75) is 0 Å². The molecule has 0 N–H and O–H groups in total. The van der Waals surface area contributed by atoms with Gasteiger partial charge in [0.1, 0.15) is 5.75 Å². The van der Waals surface area contributed by atoms with Crippen LogP contribution in [-0.2, 0) is 0 Å². The summed E-state index contributed by atoms with van der Waals surface area (Å²) >= 11 is 5.66. The maximum atomic E-state index is 10.5. The third-order valence-corrected chi connectivity index (χ3v) is 1.69. The van der Waals surface area contributed by atoms with Gasteiger partial charge in [0.25, 0.3) is 0 Å². The molecule has 0 saturated carbocycles. The van der Waals surface area contributed by atoms with E-state index in [-0.39, 0.29) is 16.3 Å². The molecule has 0 fully saturated rings. The highest BCUT2D eigenvalue weighted by Gasteiger charge is 2.06. The van der Waals surface area contributed by atoms with E-state index in [9.17, 15) is 9.90 Å². The lowest BCUT2D eigenvalue weighted by Gasteiger charge is -2.09. The Morgan fingerprint density at radius 2 is 2.25 bits per heavy atom. The molecule has 0 heterocycles. The van der Waals surface area contributed by atoms with Crippen molar-refractivity contribution >= 4 is 17.6 Å². The predicted molar refractivity (Wildman–Crippen MR) is 42.3 cm³/mol. The first-order valence-corrected chi connectivity index (χ1v) is 3.58. The first-order valence-electron chi connectivity index (χ1n) is 3.20. The summed E-state index contributed by atoms with van der Waals surface area (Å²) in [4.78, 5) is 10.5. The Hall–Kier alpha value is -1.22. The van der Waals surface area contributed by atoms with Gasteiger partial charge in [0.2, 0.25) is 0 Å². The van der Waals surface area contributed by atoms with E-state index in [1.54, 1.807) is 6.07 Å². The van der Waals surface area contributed by atoms with Gasteiger partial charge in [0.15, 0.2) is 0 Å². The maximum absolute atomic E-state index is 10.5. The number of hydrogen-bond donors (Lipinski definition) is 0. The lowest BCUT2D eigenvalue weighted by atomic mass is 10.2. The largest absolute Gasteiger partial charge is 0.545 e. The number of methoxy groups -OCH3 is 1. The molecule has 12 heavy (non-hydrogen) atoms. The fourth-order valence-electron chi connectivity index (χ4n) is 0.877. The minimum Gasteiger partial charge on any atom is -0.545 e. The first-order chi connectivity index (χ1) is 5.66. The fraction of sp³-hybridized carbons (Fsp3) is 0.125. The number of hydrogen-bond acceptors (Lipinski definition) is 3. The molecule has 0 amide bonds. The van der Waals surface area contributed by atoms with Crippen molar-refractivity contribution < 1.29 is 14.6 Å². The summed E-state index contributed by atoms with van der Waals surface area (Å²) in [6.07, 6.45) is 0. The van der Waals surface area contributed by atoms with E-state index in [0.29, 0.717) is 0 Å². The van der Waals surface area contributed by atoms with Crippen molar-refractivity contribution in [3.63, 3.8) is 0 Å². The van der Waals surface area contributed by atoms with E-state index in [4.69, 9.17) is 16.3 Å². The van der Waals surface area contributed by atoms with Gasteiger partial charge >= 0.3 is 0 Å². The third-order valence-electron chi connectivity index (χ3n) is 1.39. The number of carboxylic acid groups (broad SMARTS) is 1. The molecule has 1 aromatic rings. The van der Waals surface area contributed by atoms with Gasteiger partial charge in [-0.25, -0.2) is 0 Å². The maximum Gasteiger partial charge on any atom is 0.146 e. The molecule has 0 radical (unpaired) electrons. The molecule has 0 atom stereocenters. The van der Waals surface area contributed by atoms with Crippen LogP contribution in [0.4, 0.5) is 0 Å². The van der Waals surface area contributed by atoms with E-state index in [2.05, 4.69) is 0 Å². The van der Waals surface area contributed by atoms with Crippen LogP contribution in [0.3, 0.4) is 0 Å². The van der Waals surface area contributed by atoms with Crippen LogP contribution in [0.1, 0.15) is 10.4 Å². The van der Waals surface area contributed by atoms with E-state index >= 15 is 0 Å². The first kappa shape index (κ1) is 8.87. The predicted octanol–water partition coefficient (Wildman–Crippen LogP) is 0.712. The molecule has 0 aromatic heterocycles. The van der Waals surface area contributed by atoms with E-state index < -0.39 is 5.97 Å². The quantitative estimate of drug-likeness (QED) is 0.682. The highest BCUT2D eigenvalue weighted by molar-refractivity contribution is 6.32. The molecular weight excluding hydrogens is 180 g/mol. The molecule has 0 bridgehead atoms. The molecule has 0 unspecified atom stereocenters. The zero-order chi connectivity index (χ0) is 9.14. The van der Waals surface area contributed by atoms with Crippen molar-refractivity contribution in [2.75, 3.05) is 7.11 Å². The van der Waals surface area contributed by atoms with Crippen LogP contribution in [-0.4, -0.2) is 13.1 Å². The molecule has 1 aromatic carbocycles. The van der Waals surface area contributed by atoms with Crippen LogP contribution in [0.2, 0.25) is 5.02 Å². The van der Waals surface area contributed by atoms with Crippen LogP contribution in [0.15, 0.2) is 18.2 Å². The van der Waals surface area contributed by atoms with E-state index in [0.717, 1.165) is 0 Å². The van der Waals surface area contributed by atoms with Crippen molar-refractivity contribution in [1.82, 2.24) is 0 Å². The topological polar surface area (TPSA) is 49.4 Å². The lowest BCUT2D eigenvalue weighted by molar-refractivity contribution is -0.255. The number of carboxylic acids is 1. The Bertz CT molecular complexity index is 309. The van der Waals surface area contributed by atoms with Crippen LogP contribution in [0.25, 0.3) is 0 Å². The summed E-state index contributed by atoms with van der Waals surface area (Å²) in [6.45, 7) is 0. The second-order valence-electron chi connectivity index (χ2n) is 2.11. The fourth-order valence-corrected chi connectivity index (χ4v) is 1.13. The van der Waals surface area contributed by atoms with Crippen molar-refractivity contribution in [3.8, 4) is 5.75 Å². The summed E-state index contributed by atoms with van der Waals surface area (Å²) in [5, 5.41) is 10.7. The SMILES string of the molecule is COc1c(Cl)cccc1C(=O)[O-]. The van der Waals surface area contributed by atoms with Crippen molar-refractivity contribution in [1.29, 1.82) is 0 Å². The van der Waals surface area contributed by atoms with Gasteiger partial charge in [-0.3, -0.25) is 0 Å². The zero-order valence-electron chi connectivity index (χ0n) is 6.33. The van der Waals surface area contributed by atoms with Gasteiger partial charge in [0, 0.05) is 5.56 Å². The molecule has 3 nitrogen and oxygen atoms in total. The minimum absolute atomic E-state index is 0.0370. The number of carbonyl (C=O) groups is 1. The molecule has 0 aliphatic heterocycles. The number of benzene rings is 1. The summed E-state index contributed by atoms with van der Waals surface area (Å²) in [5.74, 6) is -1.16. The Labute approximate surface area is 74.5 Å². The lowest BCUT2D eigenvalue weighted by Crippen LogP contribution is -2.22. The Morgan fingerprint density at radius 1 is 1.58 bits per heavy atom. The summed E-state index contributed by atoms with van der Waals surface area (Å²) in [5.41, 5.74) is -0.0370. The third kappa shape index (κ3) is 1.51. The standard InChI is InChI=1S/C8H7ClO3/c1-12-7-5(8(10)11)3-2-4-6(7)9/h2-4H,1H3,(H,10,11)/p-1. The van der Waals surface area contributed by atoms with Gasteiger partial charge in [-0.15, -0.1) is 0 Å². The smallest absolute Gasteiger partial charge is 0.146 e. The van der Waals surface area contributed by atoms with Crippen LogP contribution >= 0.6 is 11.6 Å². The summed E-state index contributed by atoms with van der Waals surface area (Å²) in [6, 6.07) is 4.45. The van der Waals surface area contributed by atoms with Gasteiger partial charge in [-0.1, -0.05) is 17.7 Å². The highest BCUT2D eigenvalue weighted by Crippen LogP contribution is 2.27. The second kappa shape index (κ2) is 3.45. The molecule has 0 aliphatic carbocycles. The number of para-hydroxylation sites is 1. The minimum atomic E-state index is -1.30. The average molecular weight is 186 g/mol. The zero-order valence-corrected chi connectivity index (χ0v) is 7.09. The van der Waals surface area contributed by atoms with Crippen LogP contribution in [0.5, 0.6) is 5.75 Å². The molecular formula is C8H6ClO3-. The van der Waals surface area contributed by atoms with Crippen LogP contribution in [0, 0.1) is 0 Å². The number of halogens is 1.